The molecule has 1 N–H and O–H groups in total. The fourth-order valence-corrected chi connectivity index (χ4v) is 5.64. The fourth-order valence-electron chi connectivity index (χ4n) is 4.97. The third-order valence-corrected chi connectivity index (χ3v) is 7.79. The SMILES string of the molecule is CCCCCCCCCCCCCCCCCCCC(C)(CCCCCCCC)OS(=O)(=O)O. The van der Waals surface area contributed by atoms with Gasteiger partial charge in [-0.1, -0.05) is 162 Å². The van der Waals surface area contributed by atoms with E-state index in [4.69, 9.17) is 4.18 Å². The van der Waals surface area contributed by atoms with Gasteiger partial charge >= 0.3 is 10.4 Å². The highest BCUT2D eigenvalue weighted by Crippen LogP contribution is 2.28. The van der Waals surface area contributed by atoms with Gasteiger partial charge in [0.2, 0.25) is 0 Å². The van der Waals surface area contributed by atoms with Crippen molar-refractivity contribution < 1.29 is 17.2 Å². The number of hydrogen-bond acceptors (Lipinski definition) is 3. The van der Waals surface area contributed by atoms with Crippen LogP contribution in [0.2, 0.25) is 0 Å². The Morgan fingerprint density at radius 1 is 0.500 bits per heavy atom. The van der Waals surface area contributed by atoms with Gasteiger partial charge in [0.1, 0.15) is 0 Å². The van der Waals surface area contributed by atoms with Crippen molar-refractivity contribution in [1.82, 2.24) is 0 Å². The summed E-state index contributed by atoms with van der Waals surface area (Å²) in [6.45, 7) is 6.33. The monoisotopic (exact) mass is 504 g/mol. The van der Waals surface area contributed by atoms with Crippen LogP contribution in [0.15, 0.2) is 0 Å². The minimum absolute atomic E-state index is 0.692. The first-order valence-corrected chi connectivity index (χ1v) is 16.4. The Balaban J connectivity index is 3.69. The van der Waals surface area contributed by atoms with Gasteiger partial charge in [0.15, 0.2) is 0 Å². The van der Waals surface area contributed by atoms with Gasteiger partial charge in [-0.3, -0.25) is 4.55 Å². The van der Waals surface area contributed by atoms with E-state index in [0.29, 0.717) is 12.8 Å². The van der Waals surface area contributed by atoms with Gasteiger partial charge in [0, 0.05) is 0 Å². The summed E-state index contributed by atoms with van der Waals surface area (Å²) in [7, 11) is -4.41. The molecule has 0 radical (unpaired) electrons. The zero-order chi connectivity index (χ0) is 25.4. The summed E-state index contributed by atoms with van der Waals surface area (Å²) >= 11 is 0. The molecule has 0 spiro atoms. The summed E-state index contributed by atoms with van der Waals surface area (Å²) in [5, 5.41) is 0. The molecule has 5 heteroatoms. The molecule has 0 saturated heterocycles. The highest BCUT2D eigenvalue weighted by Gasteiger charge is 2.29. The highest BCUT2D eigenvalue weighted by molar-refractivity contribution is 7.80. The smallest absolute Gasteiger partial charge is 0.264 e. The Morgan fingerprint density at radius 2 is 0.735 bits per heavy atom. The van der Waals surface area contributed by atoms with Crippen molar-refractivity contribution in [3.8, 4) is 0 Å². The van der Waals surface area contributed by atoms with Gasteiger partial charge in [-0.25, -0.2) is 4.18 Å². The third kappa shape index (κ3) is 25.0. The highest BCUT2D eigenvalue weighted by atomic mass is 32.3. The largest absolute Gasteiger partial charge is 0.397 e. The van der Waals surface area contributed by atoms with Crippen molar-refractivity contribution in [2.75, 3.05) is 0 Å². The topological polar surface area (TPSA) is 63.6 Å². The van der Waals surface area contributed by atoms with Gasteiger partial charge in [0.05, 0.1) is 5.60 Å². The van der Waals surface area contributed by atoms with Crippen LogP contribution in [0.5, 0.6) is 0 Å². The van der Waals surface area contributed by atoms with Gasteiger partial charge < -0.3 is 0 Å². The van der Waals surface area contributed by atoms with Crippen LogP contribution in [-0.4, -0.2) is 18.6 Å². The molecule has 0 saturated carbocycles. The van der Waals surface area contributed by atoms with Crippen molar-refractivity contribution in [1.29, 1.82) is 0 Å². The summed E-state index contributed by atoms with van der Waals surface area (Å²) < 4.78 is 37.0. The van der Waals surface area contributed by atoms with E-state index in [1.54, 1.807) is 0 Å². The number of hydrogen-bond donors (Lipinski definition) is 1. The second-order valence-corrected chi connectivity index (χ2v) is 11.9. The Bertz CT molecular complexity index is 520. The molecule has 0 aromatic rings. The van der Waals surface area contributed by atoms with E-state index in [2.05, 4.69) is 13.8 Å². The zero-order valence-electron chi connectivity index (χ0n) is 23.3. The Labute approximate surface area is 214 Å². The first kappa shape index (κ1) is 33.9. The lowest BCUT2D eigenvalue weighted by Crippen LogP contribution is -2.31. The summed E-state index contributed by atoms with van der Waals surface area (Å²) in [6, 6.07) is 0. The predicted molar refractivity (Wildman–Crippen MR) is 148 cm³/mol. The Morgan fingerprint density at radius 3 is 0.971 bits per heavy atom. The maximum absolute atomic E-state index is 11.3. The van der Waals surface area contributed by atoms with E-state index in [0.717, 1.165) is 25.7 Å². The van der Waals surface area contributed by atoms with Crippen LogP contribution in [-0.2, 0) is 14.6 Å². The van der Waals surface area contributed by atoms with Crippen LogP contribution in [0.3, 0.4) is 0 Å². The van der Waals surface area contributed by atoms with E-state index in [1.165, 1.54) is 122 Å². The molecular weight excluding hydrogens is 444 g/mol. The lowest BCUT2D eigenvalue weighted by molar-refractivity contribution is 0.0575. The number of rotatable bonds is 27. The Kier molecular flexibility index (Phi) is 23.2. The molecule has 0 aliphatic carbocycles. The van der Waals surface area contributed by atoms with Gasteiger partial charge in [0.25, 0.3) is 0 Å². The zero-order valence-corrected chi connectivity index (χ0v) is 24.1. The minimum Gasteiger partial charge on any atom is -0.264 e. The van der Waals surface area contributed by atoms with Crippen LogP contribution in [0.1, 0.15) is 181 Å². The molecule has 0 rings (SSSR count). The van der Waals surface area contributed by atoms with Crippen molar-refractivity contribution in [2.45, 2.75) is 187 Å². The second-order valence-electron chi connectivity index (χ2n) is 10.9. The molecule has 1 unspecified atom stereocenters. The molecule has 34 heavy (non-hydrogen) atoms. The molecule has 206 valence electrons. The van der Waals surface area contributed by atoms with Crippen molar-refractivity contribution in [3.63, 3.8) is 0 Å². The molecule has 0 aromatic carbocycles. The normalized spacial score (nSPS) is 13.9. The Hall–Kier alpha value is -0.130. The lowest BCUT2D eigenvalue weighted by Gasteiger charge is -2.28. The standard InChI is InChI=1S/C29H60O4S/c1-4-6-8-10-12-13-14-15-16-17-18-19-20-21-22-24-26-28-29(3,33-34(30,31)32)27-25-23-11-9-7-5-2/h4-28H2,1-3H3,(H,30,31,32). The summed E-state index contributed by atoms with van der Waals surface area (Å²) in [6.07, 6.45) is 31.0. The van der Waals surface area contributed by atoms with E-state index in [1.807, 2.05) is 6.92 Å². The fraction of sp³-hybridized carbons (Fsp3) is 1.00. The van der Waals surface area contributed by atoms with Crippen molar-refractivity contribution in [2.24, 2.45) is 0 Å². The summed E-state index contributed by atoms with van der Waals surface area (Å²) in [5.74, 6) is 0. The van der Waals surface area contributed by atoms with Crippen LogP contribution >= 0.6 is 0 Å². The molecule has 0 heterocycles. The van der Waals surface area contributed by atoms with Crippen LogP contribution in [0.4, 0.5) is 0 Å². The average molecular weight is 505 g/mol. The van der Waals surface area contributed by atoms with E-state index < -0.39 is 16.0 Å². The molecule has 0 bridgehead atoms. The maximum atomic E-state index is 11.3. The van der Waals surface area contributed by atoms with E-state index >= 15 is 0 Å². The lowest BCUT2D eigenvalue weighted by atomic mass is 9.91. The predicted octanol–water partition coefficient (Wildman–Crippen LogP) is 10.4. The summed E-state index contributed by atoms with van der Waals surface area (Å²) in [5.41, 5.74) is -0.770. The van der Waals surface area contributed by atoms with Gasteiger partial charge in [-0.05, 0) is 19.8 Å². The van der Waals surface area contributed by atoms with Crippen molar-refractivity contribution in [3.05, 3.63) is 0 Å². The molecule has 0 aliphatic rings. The first-order valence-electron chi connectivity index (χ1n) is 15.0. The number of unbranched alkanes of at least 4 members (excludes halogenated alkanes) is 21. The van der Waals surface area contributed by atoms with Crippen LogP contribution in [0.25, 0.3) is 0 Å². The quantitative estimate of drug-likeness (QED) is 0.0892. The molecule has 4 nitrogen and oxygen atoms in total. The molecule has 1 atom stereocenters. The molecule has 0 amide bonds. The van der Waals surface area contributed by atoms with Gasteiger partial charge in [-0.15, -0.1) is 0 Å². The van der Waals surface area contributed by atoms with E-state index in [9.17, 15) is 13.0 Å². The second kappa shape index (κ2) is 23.3. The molecule has 0 aromatic heterocycles. The van der Waals surface area contributed by atoms with Crippen molar-refractivity contribution >= 4 is 10.4 Å². The summed E-state index contributed by atoms with van der Waals surface area (Å²) in [4.78, 5) is 0. The maximum Gasteiger partial charge on any atom is 0.397 e. The van der Waals surface area contributed by atoms with E-state index in [-0.39, 0.29) is 0 Å². The van der Waals surface area contributed by atoms with Crippen LogP contribution < -0.4 is 0 Å². The molecule has 0 fully saturated rings. The average Bonchev–Trinajstić information content (AvgIpc) is 2.77. The van der Waals surface area contributed by atoms with Crippen LogP contribution in [0, 0.1) is 0 Å². The first-order chi connectivity index (χ1) is 16.3. The third-order valence-electron chi connectivity index (χ3n) is 7.17. The van der Waals surface area contributed by atoms with Gasteiger partial charge in [-0.2, -0.15) is 8.42 Å². The molecular formula is C29H60O4S. The molecule has 0 aliphatic heterocycles. The minimum atomic E-state index is -4.41.